The molecule has 0 saturated heterocycles. The highest BCUT2D eigenvalue weighted by atomic mass is 35.5. The first-order chi connectivity index (χ1) is 6.20. The number of hydrogen-bond acceptors (Lipinski definition) is 0. The summed E-state index contributed by atoms with van der Waals surface area (Å²) in [4.78, 5) is 0. The zero-order valence-corrected chi connectivity index (χ0v) is 7.69. The Kier molecular flexibility index (Phi) is 2.24. The molecule has 70 valence electrons. The minimum atomic E-state index is -0.504. The molecule has 3 heteroatoms. The van der Waals surface area contributed by atoms with Crippen molar-refractivity contribution < 1.29 is 8.78 Å². The van der Waals surface area contributed by atoms with E-state index in [1.807, 2.05) is 0 Å². The highest BCUT2D eigenvalue weighted by molar-refractivity contribution is 6.18. The van der Waals surface area contributed by atoms with Gasteiger partial charge in [-0.1, -0.05) is 0 Å². The van der Waals surface area contributed by atoms with Gasteiger partial charge in [0.15, 0.2) is 0 Å². The largest absolute Gasteiger partial charge is 0.207 e. The minimum Gasteiger partial charge on any atom is -0.207 e. The van der Waals surface area contributed by atoms with Crippen molar-refractivity contribution in [3.05, 3.63) is 35.4 Å². The van der Waals surface area contributed by atoms with E-state index in [2.05, 4.69) is 0 Å². The lowest BCUT2D eigenvalue weighted by molar-refractivity contribution is 0.579. The van der Waals surface area contributed by atoms with Gasteiger partial charge in [-0.25, -0.2) is 8.78 Å². The molecule has 2 atom stereocenters. The van der Waals surface area contributed by atoms with Gasteiger partial charge in [-0.05, 0) is 36.0 Å². The molecule has 0 nitrogen and oxygen atoms in total. The Labute approximate surface area is 80.5 Å². The van der Waals surface area contributed by atoms with Crippen molar-refractivity contribution in [2.45, 2.75) is 12.3 Å². The molecule has 1 aromatic rings. The highest BCUT2D eigenvalue weighted by Gasteiger charge is 2.37. The summed E-state index contributed by atoms with van der Waals surface area (Å²) in [6.45, 7) is 0. The predicted molar refractivity (Wildman–Crippen MR) is 47.9 cm³/mol. The maximum Gasteiger partial charge on any atom is 0.126 e. The summed E-state index contributed by atoms with van der Waals surface area (Å²) in [6, 6.07) is 3.67. The molecule has 0 spiro atoms. The topological polar surface area (TPSA) is 0 Å². The molecule has 0 aliphatic heterocycles. The fourth-order valence-corrected chi connectivity index (χ4v) is 1.96. The minimum absolute atomic E-state index is 0.266. The first-order valence-electron chi connectivity index (χ1n) is 4.22. The quantitative estimate of drug-likeness (QED) is 0.646. The Bertz CT molecular complexity index is 304. The molecular formula is C10H9ClF2. The third-order valence-electron chi connectivity index (χ3n) is 2.43. The lowest BCUT2D eigenvalue weighted by Gasteiger charge is -1.99. The maximum atomic E-state index is 12.8. The first-order valence-corrected chi connectivity index (χ1v) is 4.76. The normalized spacial score (nSPS) is 26.1. The summed E-state index contributed by atoms with van der Waals surface area (Å²) >= 11 is 5.64. The van der Waals surface area contributed by atoms with Gasteiger partial charge in [-0.3, -0.25) is 0 Å². The van der Waals surface area contributed by atoms with E-state index in [1.54, 1.807) is 0 Å². The molecule has 1 fully saturated rings. The average molecular weight is 203 g/mol. The molecule has 2 rings (SSSR count). The van der Waals surface area contributed by atoms with Crippen LogP contribution in [0.5, 0.6) is 0 Å². The van der Waals surface area contributed by atoms with Crippen LogP contribution in [-0.4, -0.2) is 5.88 Å². The summed E-state index contributed by atoms with van der Waals surface area (Å²) in [5.41, 5.74) is 0.739. The molecule has 1 aliphatic rings. The second kappa shape index (κ2) is 3.26. The molecule has 0 heterocycles. The molecule has 1 aliphatic carbocycles. The fourth-order valence-electron chi connectivity index (χ4n) is 1.62. The van der Waals surface area contributed by atoms with E-state index in [0.717, 1.165) is 18.1 Å². The van der Waals surface area contributed by atoms with Gasteiger partial charge < -0.3 is 0 Å². The van der Waals surface area contributed by atoms with E-state index in [1.165, 1.54) is 12.1 Å². The van der Waals surface area contributed by atoms with Gasteiger partial charge in [-0.2, -0.15) is 0 Å². The second-order valence-electron chi connectivity index (χ2n) is 3.46. The smallest absolute Gasteiger partial charge is 0.126 e. The van der Waals surface area contributed by atoms with Crippen LogP contribution < -0.4 is 0 Å². The van der Waals surface area contributed by atoms with Gasteiger partial charge in [0.25, 0.3) is 0 Å². The zero-order valence-electron chi connectivity index (χ0n) is 6.93. The highest BCUT2D eigenvalue weighted by Crippen LogP contribution is 2.48. The molecule has 0 N–H and O–H groups in total. The number of hydrogen-bond donors (Lipinski definition) is 0. The Morgan fingerprint density at radius 2 is 1.85 bits per heavy atom. The van der Waals surface area contributed by atoms with Crippen molar-refractivity contribution >= 4 is 11.6 Å². The van der Waals surface area contributed by atoms with Crippen molar-refractivity contribution in [3.63, 3.8) is 0 Å². The third kappa shape index (κ3) is 1.83. The maximum absolute atomic E-state index is 12.8. The van der Waals surface area contributed by atoms with Gasteiger partial charge >= 0.3 is 0 Å². The van der Waals surface area contributed by atoms with E-state index >= 15 is 0 Å². The Morgan fingerprint density at radius 1 is 1.23 bits per heavy atom. The van der Waals surface area contributed by atoms with E-state index in [9.17, 15) is 8.78 Å². The second-order valence-corrected chi connectivity index (χ2v) is 3.77. The molecule has 1 aromatic carbocycles. The van der Waals surface area contributed by atoms with E-state index in [0.29, 0.717) is 11.8 Å². The van der Waals surface area contributed by atoms with Crippen molar-refractivity contribution in [1.82, 2.24) is 0 Å². The molecule has 0 bridgehead atoms. The van der Waals surface area contributed by atoms with Crippen LogP contribution in [0.4, 0.5) is 8.78 Å². The summed E-state index contributed by atoms with van der Waals surface area (Å²) in [7, 11) is 0. The number of halogens is 3. The van der Waals surface area contributed by atoms with Crippen LogP contribution in [0.1, 0.15) is 17.9 Å². The van der Waals surface area contributed by atoms with Gasteiger partial charge in [0.05, 0.1) is 0 Å². The Morgan fingerprint density at radius 3 is 2.31 bits per heavy atom. The van der Waals surface area contributed by atoms with E-state index < -0.39 is 11.6 Å². The van der Waals surface area contributed by atoms with Crippen molar-refractivity contribution in [2.24, 2.45) is 5.92 Å². The van der Waals surface area contributed by atoms with Gasteiger partial charge in [-0.15, -0.1) is 11.6 Å². The summed E-state index contributed by atoms with van der Waals surface area (Å²) in [5.74, 6) is 0.235. The number of rotatable bonds is 2. The standard InChI is InChI=1S/C10H9ClF2/c11-5-7-3-10(7)6-1-8(12)4-9(13)2-6/h1-2,4,7,10H,3,5H2. The molecular weight excluding hydrogens is 194 g/mol. The van der Waals surface area contributed by atoms with E-state index in [4.69, 9.17) is 11.6 Å². The molecule has 2 unspecified atom stereocenters. The van der Waals surface area contributed by atoms with E-state index in [-0.39, 0.29) is 5.92 Å². The Balaban J connectivity index is 2.22. The van der Waals surface area contributed by atoms with Crippen LogP contribution in [0.15, 0.2) is 18.2 Å². The van der Waals surface area contributed by atoms with Crippen LogP contribution in [0.25, 0.3) is 0 Å². The van der Waals surface area contributed by atoms with Crippen LogP contribution in [0.3, 0.4) is 0 Å². The lowest BCUT2D eigenvalue weighted by atomic mass is 10.1. The van der Waals surface area contributed by atoms with Crippen LogP contribution >= 0.6 is 11.6 Å². The lowest BCUT2D eigenvalue weighted by Crippen LogP contribution is -1.88. The number of alkyl halides is 1. The fraction of sp³-hybridized carbons (Fsp3) is 0.400. The van der Waals surface area contributed by atoms with Crippen LogP contribution in [0, 0.1) is 17.6 Å². The molecule has 1 saturated carbocycles. The van der Waals surface area contributed by atoms with Gasteiger partial charge in [0.1, 0.15) is 11.6 Å². The summed E-state index contributed by atoms with van der Waals surface area (Å²) in [5, 5.41) is 0. The van der Waals surface area contributed by atoms with Crippen molar-refractivity contribution in [2.75, 3.05) is 5.88 Å². The molecule has 13 heavy (non-hydrogen) atoms. The van der Waals surface area contributed by atoms with Gasteiger partial charge in [0, 0.05) is 11.9 Å². The Hall–Kier alpha value is -0.630. The monoisotopic (exact) mass is 202 g/mol. The SMILES string of the molecule is Fc1cc(F)cc(C2CC2CCl)c1. The zero-order chi connectivity index (χ0) is 9.42. The van der Waals surface area contributed by atoms with Crippen LogP contribution in [0.2, 0.25) is 0 Å². The van der Waals surface area contributed by atoms with Crippen molar-refractivity contribution in [1.29, 1.82) is 0 Å². The van der Waals surface area contributed by atoms with Crippen molar-refractivity contribution in [3.8, 4) is 0 Å². The predicted octanol–water partition coefficient (Wildman–Crippen LogP) is 3.31. The summed E-state index contributed by atoms with van der Waals surface area (Å²) in [6.07, 6.45) is 0.951. The first kappa shape index (κ1) is 8.95. The van der Waals surface area contributed by atoms with Crippen LogP contribution in [-0.2, 0) is 0 Å². The average Bonchev–Trinajstić information content (AvgIpc) is 2.80. The third-order valence-corrected chi connectivity index (χ3v) is 2.83. The molecule has 0 radical (unpaired) electrons. The number of benzene rings is 1. The molecule has 0 amide bonds. The molecule has 0 aromatic heterocycles. The van der Waals surface area contributed by atoms with Gasteiger partial charge in [0.2, 0.25) is 0 Å². The summed E-state index contributed by atoms with van der Waals surface area (Å²) < 4.78 is 25.5.